The molecular weight excluding hydrogens is 420 g/mol. The van der Waals surface area contributed by atoms with Gasteiger partial charge in [0.05, 0.1) is 11.1 Å². The quantitative estimate of drug-likeness (QED) is 0.342. The van der Waals surface area contributed by atoms with Gasteiger partial charge in [-0.2, -0.15) is 5.10 Å². The summed E-state index contributed by atoms with van der Waals surface area (Å²) in [7, 11) is 0. The fourth-order valence-corrected chi connectivity index (χ4v) is 4.57. The third-order valence-electron chi connectivity index (χ3n) is 6.15. The molecule has 0 unspecified atom stereocenters. The van der Waals surface area contributed by atoms with Gasteiger partial charge in [0, 0.05) is 11.1 Å². The smallest absolute Gasteiger partial charge is 0.175 e. The molecule has 0 aliphatic carbocycles. The Morgan fingerprint density at radius 2 is 1.35 bits per heavy atom. The number of fused-ring (bicyclic) bond motifs is 4. The Morgan fingerprint density at radius 3 is 2.21 bits per heavy atom. The van der Waals surface area contributed by atoms with Crippen LogP contribution in [0.3, 0.4) is 0 Å². The molecule has 4 aromatic carbocycles. The standard InChI is InChI=1S/C28H18N6/c1-3-11-20(12-4-1)25-24-27(34(32-25)21-14-5-2-6-15-21)29-18-33-26(30-31-28(24)33)23-17-9-13-19-10-7-8-16-22(19)23/h1-18H. The molecule has 0 amide bonds. The van der Waals surface area contributed by atoms with Gasteiger partial charge in [-0.3, -0.25) is 4.40 Å². The molecule has 0 saturated heterocycles. The summed E-state index contributed by atoms with van der Waals surface area (Å²) >= 11 is 0. The summed E-state index contributed by atoms with van der Waals surface area (Å²) in [4.78, 5) is 4.85. The van der Waals surface area contributed by atoms with E-state index in [-0.39, 0.29) is 0 Å². The number of hydrogen-bond donors (Lipinski definition) is 0. The van der Waals surface area contributed by atoms with Crippen molar-refractivity contribution in [2.45, 2.75) is 0 Å². The molecule has 0 atom stereocenters. The molecule has 34 heavy (non-hydrogen) atoms. The molecule has 0 aliphatic heterocycles. The van der Waals surface area contributed by atoms with E-state index in [0.29, 0.717) is 0 Å². The van der Waals surface area contributed by atoms with Crippen LogP contribution in [0, 0.1) is 0 Å². The fourth-order valence-electron chi connectivity index (χ4n) is 4.57. The monoisotopic (exact) mass is 438 g/mol. The van der Waals surface area contributed by atoms with E-state index in [0.717, 1.165) is 55.8 Å². The highest BCUT2D eigenvalue weighted by molar-refractivity contribution is 6.02. The second-order valence-corrected chi connectivity index (χ2v) is 8.15. The summed E-state index contributed by atoms with van der Waals surface area (Å²) in [6, 6.07) is 34.7. The zero-order valence-corrected chi connectivity index (χ0v) is 18.1. The lowest BCUT2D eigenvalue weighted by Gasteiger charge is -2.06. The number of benzene rings is 4. The van der Waals surface area contributed by atoms with Crippen LogP contribution in [-0.2, 0) is 0 Å². The molecule has 0 radical (unpaired) electrons. The van der Waals surface area contributed by atoms with Crippen LogP contribution in [0.4, 0.5) is 0 Å². The van der Waals surface area contributed by atoms with E-state index < -0.39 is 0 Å². The van der Waals surface area contributed by atoms with Crippen LogP contribution >= 0.6 is 0 Å². The first kappa shape index (κ1) is 18.7. The predicted octanol–water partition coefficient (Wildman–Crippen LogP) is 5.95. The van der Waals surface area contributed by atoms with Gasteiger partial charge in [-0.1, -0.05) is 91.0 Å². The van der Waals surface area contributed by atoms with Crippen LogP contribution in [0.5, 0.6) is 0 Å². The Hall–Kier alpha value is -4.84. The van der Waals surface area contributed by atoms with Crippen molar-refractivity contribution in [2.75, 3.05) is 0 Å². The predicted molar refractivity (Wildman–Crippen MR) is 134 cm³/mol. The molecule has 160 valence electrons. The van der Waals surface area contributed by atoms with Crippen LogP contribution in [-0.4, -0.2) is 29.4 Å². The Kier molecular flexibility index (Phi) is 4.04. The Morgan fingerprint density at radius 1 is 0.618 bits per heavy atom. The van der Waals surface area contributed by atoms with Gasteiger partial charge in [0.1, 0.15) is 12.0 Å². The summed E-state index contributed by atoms with van der Waals surface area (Å²) < 4.78 is 3.84. The van der Waals surface area contributed by atoms with Crippen molar-refractivity contribution >= 4 is 27.5 Å². The Balaban J connectivity index is 1.56. The topological polar surface area (TPSA) is 60.9 Å². The molecular formula is C28H18N6. The number of aromatic nitrogens is 6. The first-order chi connectivity index (χ1) is 16.9. The summed E-state index contributed by atoms with van der Waals surface area (Å²) in [5.74, 6) is 0.757. The van der Waals surface area contributed by atoms with Crippen LogP contribution in [0.25, 0.3) is 55.8 Å². The van der Waals surface area contributed by atoms with E-state index in [2.05, 4.69) is 46.6 Å². The normalized spacial score (nSPS) is 11.5. The van der Waals surface area contributed by atoms with E-state index in [1.54, 1.807) is 6.33 Å². The first-order valence-electron chi connectivity index (χ1n) is 11.1. The minimum atomic E-state index is 0.731. The second kappa shape index (κ2) is 7.35. The average Bonchev–Trinajstić information content (AvgIpc) is 3.51. The number of para-hydroxylation sites is 1. The third-order valence-corrected chi connectivity index (χ3v) is 6.15. The number of hydrogen-bond acceptors (Lipinski definition) is 4. The largest absolute Gasteiger partial charge is 0.264 e. The summed E-state index contributed by atoms with van der Waals surface area (Å²) in [6.45, 7) is 0. The van der Waals surface area contributed by atoms with E-state index >= 15 is 0 Å². The molecule has 7 aromatic rings. The molecule has 7 rings (SSSR count). The minimum Gasteiger partial charge on any atom is -0.264 e. The highest BCUT2D eigenvalue weighted by Crippen LogP contribution is 2.34. The zero-order valence-electron chi connectivity index (χ0n) is 18.1. The highest BCUT2D eigenvalue weighted by Gasteiger charge is 2.21. The lowest BCUT2D eigenvalue weighted by Crippen LogP contribution is -1.99. The van der Waals surface area contributed by atoms with Gasteiger partial charge in [0.25, 0.3) is 0 Å². The van der Waals surface area contributed by atoms with Gasteiger partial charge in [-0.15, -0.1) is 10.2 Å². The SMILES string of the molecule is c1ccc(-c2nn(-c3ccccc3)c3ncn4c(-c5cccc6ccccc56)nnc4c23)cc1. The summed E-state index contributed by atoms with van der Waals surface area (Å²) in [5, 5.41) is 17.4. The number of nitrogens with zero attached hydrogens (tertiary/aromatic N) is 6. The third kappa shape index (κ3) is 2.75. The molecule has 0 spiro atoms. The van der Waals surface area contributed by atoms with Crippen LogP contribution in [0.15, 0.2) is 109 Å². The molecule has 0 bridgehead atoms. The maximum atomic E-state index is 4.98. The lowest BCUT2D eigenvalue weighted by atomic mass is 10.0. The van der Waals surface area contributed by atoms with Crippen molar-refractivity contribution < 1.29 is 0 Å². The van der Waals surface area contributed by atoms with Crippen molar-refractivity contribution in [1.82, 2.24) is 29.4 Å². The Bertz CT molecular complexity index is 1790. The van der Waals surface area contributed by atoms with Gasteiger partial charge >= 0.3 is 0 Å². The summed E-state index contributed by atoms with van der Waals surface area (Å²) in [5.41, 5.74) is 5.27. The van der Waals surface area contributed by atoms with Crippen LogP contribution in [0.1, 0.15) is 0 Å². The maximum absolute atomic E-state index is 4.98. The van der Waals surface area contributed by atoms with E-state index in [1.807, 2.05) is 75.8 Å². The first-order valence-corrected chi connectivity index (χ1v) is 11.1. The van der Waals surface area contributed by atoms with Crippen molar-refractivity contribution in [3.05, 3.63) is 109 Å². The molecule has 3 heterocycles. The molecule has 0 aliphatic rings. The molecule has 3 aromatic heterocycles. The molecule has 6 nitrogen and oxygen atoms in total. The van der Waals surface area contributed by atoms with Crippen LogP contribution in [0.2, 0.25) is 0 Å². The highest BCUT2D eigenvalue weighted by atomic mass is 15.3. The molecule has 0 saturated carbocycles. The summed E-state index contributed by atoms with van der Waals surface area (Å²) in [6.07, 6.45) is 1.80. The van der Waals surface area contributed by atoms with Crippen molar-refractivity contribution in [2.24, 2.45) is 0 Å². The van der Waals surface area contributed by atoms with Crippen molar-refractivity contribution in [3.63, 3.8) is 0 Å². The van der Waals surface area contributed by atoms with Gasteiger partial charge in [0.2, 0.25) is 0 Å². The van der Waals surface area contributed by atoms with Crippen molar-refractivity contribution in [1.29, 1.82) is 0 Å². The van der Waals surface area contributed by atoms with Gasteiger partial charge in [0.15, 0.2) is 17.1 Å². The number of rotatable bonds is 3. The molecule has 0 N–H and O–H groups in total. The van der Waals surface area contributed by atoms with Gasteiger partial charge < -0.3 is 0 Å². The maximum Gasteiger partial charge on any atom is 0.175 e. The van der Waals surface area contributed by atoms with Gasteiger partial charge in [-0.25, -0.2) is 9.67 Å². The van der Waals surface area contributed by atoms with Crippen LogP contribution < -0.4 is 0 Å². The lowest BCUT2D eigenvalue weighted by molar-refractivity contribution is 0.897. The molecule has 6 heteroatoms. The Labute approximate surface area is 194 Å². The van der Waals surface area contributed by atoms with E-state index in [4.69, 9.17) is 10.1 Å². The van der Waals surface area contributed by atoms with E-state index in [9.17, 15) is 0 Å². The van der Waals surface area contributed by atoms with E-state index in [1.165, 1.54) is 0 Å². The second-order valence-electron chi connectivity index (χ2n) is 8.15. The zero-order chi connectivity index (χ0) is 22.5. The minimum absolute atomic E-state index is 0.731. The molecule has 0 fully saturated rings. The van der Waals surface area contributed by atoms with Crippen molar-refractivity contribution in [3.8, 4) is 28.3 Å². The van der Waals surface area contributed by atoms with Gasteiger partial charge in [-0.05, 0) is 22.9 Å². The average molecular weight is 438 g/mol. The fraction of sp³-hybridized carbons (Fsp3) is 0.